The number of aromatic nitrogens is 1. The molecule has 3 aromatic rings. The summed E-state index contributed by atoms with van der Waals surface area (Å²) in [5.41, 5.74) is 1.58. The quantitative estimate of drug-likeness (QED) is 0.304. The van der Waals surface area contributed by atoms with E-state index >= 15 is 0 Å². The van der Waals surface area contributed by atoms with Crippen LogP contribution >= 0.6 is 0 Å². The number of carbonyl (C=O) groups is 1. The van der Waals surface area contributed by atoms with E-state index in [4.69, 9.17) is 13.9 Å². The molecule has 2 aromatic carbocycles. The zero-order valence-electron chi connectivity index (χ0n) is 19.8. The fourth-order valence-corrected chi connectivity index (χ4v) is 3.64. The topological polar surface area (TPSA) is 81.8 Å². The highest BCUT2D eigenvalue weighted by atomic mass is 19.4. The maximum absolute atomic E-state index is 13.1. The molecule has 1 N–H and O–H groups in total. The maximum Gasteiger partial charge on any atom is 0.416 e. The average Bonchev–Trinajstić information content (AvgIpc) is 3.22. The van der Waals surface area contributed by atoms with Crippen molar-refractivity contribution in [2.75, 3.05) is 13.2 Å². The molecule has 1 heterocycles. The Kier molecular flexibility index (Phi) is 8.69. The fraction of sp³-hybridized carbons (Fsp3) is 0.385. The molecule has 0 aliphatic heterocycles. The highest BCUT2D eigenvalue weighted by Crippen LogP contribution is 2.33. The molecule has 1 aromatic heterocycles. The molecular formula is C26H28F3NO5. The van der Waals surface area contributed by atoms with Gasteiger partial charge in [0.25, 0.3) is 0 Å². The molecule has 0 saturated carbocycles. The van der Waals surface area contributed by atoms with Crippen LogP contribution in [0.1, 0.15) is 64.7 Å². The van der Waals surface area contributed by atoms with Crippen molar-refractivity contribution in [3.8, 4) is 11.5 Å². The number of carboxylic acid groups (broad SMARTS) is 1. The minimum absolute atomic E-state index is 0.0262. The Bertz CT molecular complexity index is 1150. The van der Waals surface area contributed by atoms with Gasteiger partial charge in [0, 0.05) is 24.7 Å². The van der Waals surface area contributed by atoms with Gasteiger partial charge in [-0.2, -0.15) is 13.2 Å². The second-order valence-electron chi connectivity index (χ2n) is 8.44. The van der Waals surface area contributed by atoms with Crippen LogP contribution in [0.4, 0.5) is 13.2 Å². The standard InChI is InChI=1S/C26H28F3NO5/c1-16(2)23-21(30-24(35-23)18-8-5-10-20(13-18)26(27,28)29)15-34-12-6-11-33-14-19-9-4-7-17(3)22(19)25(31)32/h4-5,7-10,13,16H,6,11-12,14-15H2,1-3H3,(H,31,32). The first-order valence-corrected chi connectivity index (χ1v) is 11.2. The first-order chi connectivity index (χ1) is 16.6. The second-order valence-corrected chi connectivity index (χ2v) is 8.44. The minimum Gasteiger partial charge on any atom is -0.478 e. The summed E-state index contributed by atoms with van der Waals surface area (Å²) in [5, 5.41) is 9.37. The van der Waals surface area contributed by atoms with Gasteiger partial charge in [0.2, 0.25) is 5.89 Å². The Balaban J connectivity index is 1.53. The largest absolute Gasteiger partial charge is 0.478 e. The summed E-state index contributed by atoms with van der Waals surface area (Å²) in [4.78, 5) is 15.8. The Morgan fingerprint density at radius 2 is 1.77 bits per heavy atom. The Morgan fingerprint density at radius 1 is 1.09 bits per heavy atom. The molecule has 6 nitrogen and oxygen atoms in total. The summed E-state index contributed by atoms with van der Waals surface area (Å²) in [6, 6.07) is 10.1. The third-order valence-corrected chi connectivity index (χ3v) is 5.34. The van der Waals surface area contributed by atoms with E-state index in [0.29, 0.717) is 42.2 Å². The van der Waals surface area contributed by atoms with E-state index in [1.807, 2.05) is 13.8 Å². The Morgan fingerprint density at radius 3 is 2.43 bits per heavy atom. The van der Waals surface area contributed by atoms with Gasteiger partial charge in [0.1, 0.15) is 11.5 Å². The molecule has 35 heavy (non-hydrogen) atoms. The van der Waals surface area contributed by atoms with Crippen LogP contribution < -0.4 is 0 Å². The minimum atomic E-state index is -4.45. The highest BCUT2D eigenvalue weighted by Gasteiger charge is 2.31. The molecule has 0 radical (unpaired) electrons. The van der Waals surface area contributed by atoms with Crippen LogP contribution in [0.2, 0.25) is 0 Å². The van der Waals surface area contributed by atoms with E-state index in [1.54, 1.807) is 25.1 Å². The van der Waals surface area contributed by atoms with Crippen LogP contribution in [0, 0.1) is 6.92 Å². The summed E-state index contributed by atoms with van der Waals surface area (Å²) in [6.45, 7) is 6.63. The molecule has 0 aliphatic rings. The summed E-state index contributed by atoms with van der Waals surface area (Å²) < 4.78 is 56.2. The summed E-state index contributed by atoms with van der Waals surface area (Å²) in [7, 11) is 0. The van der Waals surface area contributed by atoms with E-state index in [-0.39, 0.29) is 36.1 Å². The SMILES string of the molecule is Cc1cccc(COCCCOCc2nc(-c3cccc(C(F)(F)F)c3)oc2C(C)C)c1C(=O)O. The lowest BCUT2D eigenvalue weighted by Crippen LogP contribution is -2.08. The summed E-state index contributed by atoms with van der Waals surface area (Å²) in [5.74, 6) is -0.326. The molecular weight excluding hydrogens is 463 g/mol. The second kappa shape index (κ2) is 11.5. The van der Waals surface area contributed by atoms with Gasteiger partial charge >= 0.3 is 12.1 Å². The molecule has 0 aliphatic carbocycles. The number of benzene rings is 2. The number of rotatable bonds is 11. The number of hydrogen-bond donors (Lipinski definition) is 1. The highest BCUT2D eigenvalue weighted by molar-refractivity contribution is 5.91. The zero-order chi connectivity index (χ0) is 25.6. The predicted molar refractivity (Wildman–Crippen MR) is 123 cm³/mol. The third-order valence-electron chi connectivity index (χ3n) is 5.34. The van der Waals surface area contributed by atoms with Crippen molar-refractivity contribution in [2.45, 2.75) is 52.5 Å². The average molecular weight is 492 g/mol. The molecule has 0 saturated heterocycles. The molecule has 0 fully saturated rings. The number of carboxylic acids is 1. The van der Waals surface area contributed by atoms with Gasteiger partial charge < -0.3 is 19.0 Å². The molecule has 0 amide bonds. The molecule has 0 bridgehead atoms. The first-order valence-electron chi connectivity index (χ1n) is 11.2. The third kappa shape index (κ3) is 6.93. The van der Waals surface area contributed by atoms with Gasteiger partial charge in [-0.1, -0.05) is 38.1 Å². The van der Waals surface area contributed by atoms with Crippen molar-refractivity contribution < 1.29 is 37.0 Å². The van der Waals surface area contributed by atoms with Crippen LogP contribution in [0.15, 0.2) is 46.9 Å². The van der Waals surface area contributed by atoms with Gasteiger partial charge in [0.05, 0.1) is 24.3 Å². The zero-order valence-corrected chi connectivity index (χ0v) is 19.8. The summed E-state index contributed by atoms with van der Waals surface area (Å²) in [6.07, 6.45) is -3.88. The van der Waals surface area contributed by atoms with Crippen molar-refractivity contribution in [1.29, 1.82) is 0 Å². The Labute approximate surface area is 201 Å². The Hall–Kier alpha value is -3.17. The van der Waals surface area contributed by atoms with Crippen LogP contribution in [0.3, 0.4) is 0 Å². The van der Waals surface area contributed by atoms with Crippen molar-refractivity contribution in [3.05, 3.63) is 76.2 Å². The molecule has 3 rings (SSSR count). The summed E-state index contributed by atoms with van der Waals surface area (Å²) >= 11 is 0. The first kappa shape index (κ1) is 26.4. The lowest BCUT2D eigenvalue weighted by atomic mass is 10.0. The van der Waals surface area contributed by atoms with Crippen molar-refractivity contribution in [3.63, 3.8) is 0 Å². The van der Waals surface area contributed by atoms with Crippen molar-refractivity contribution >= 4 is 5.97 Å². The van der Waals surface area contributed by atoms with E-state index in [2.05, 4.69) is 4.98 Å². The van der Waals surface area contributed by atoms with Gasteiger partial charge in [0.15, 0.2) is 0 Å². The number of hydrogen-bond acceptors (Lipinski definition) is 5. The van der Waals surface area contributed by atoms with Crippen LogP contribution in [0.5, 0.6) is 0 Å². The normalized spacial score (nSPS) is 11.9. The number of nitrogens with zero attached hydrogens (tertiary/aromatic N) is 1. The predicted octanol–water partition coefficient (Wildman–Crippen LogP) is 6.61. The van der Waals surface area contributed by atoms with E-state index in [0.717, 1.165) is 12.1 Å². The van der Waals surface area contributed by atoms with E-state index in [1.165, 1.54) is 12.1 Å². The van der Waals surface area contributed by atoms with Gasteiger partial charge in [-0.25, -0.2) is 9.78 Å². The maximum atomic E-state index is 13.1. The number of aryl methyl sites for hydroxylation is 1. The lowest BCUT2D eigenvalue weighted by Gasteiger charge is -2.10. The molecule has 0 spiro atoms. The fourth-order valence-electron chi connectivity index (χ4n) is 3.64. The van der Waals surface area contributed by atoms with E-state index in [9.17, 15) is 23.1 Å². The van der Waals surface area contributed by atoms with Crippen LogP contribution in [0.25, 0.3) is 11.5 Å². The number of halogens is 3. The van der Waals surface area contributed by atoms with Gasteiger partial charge in [-0.3, -0.25) is 0 Å². The smallest absolute Gasteiger partial charge is 0.416 e. The van der Waals surface area contributed by atoms with Gasteiger partial charge in [-0.15, -0.1) is 0 Å². The van der Waals surface area contributed by atoms with E-state index < -0.39 is 17.7 Å². The number of ether oxygens (including phenoxy) is 2. The number of oxazole rings is 1. The molecule has 9 heteroatoms. The molecule has 188 valence electrons. The van der Waals surface area contributed by atoms with Crippen molar-refractivity contribution in [2.24, 2.45) is 0 Å². The number of alkyl halides is 3. The van der Waals surface area contributed by atoms with Gasteiger partial charge in [-0.05, 0) is 42.7 Å². The monoisotopic (exact) mass is 491 g/mol. The molecule has 0 unspecified atom stereocenters. The van der Waals surface area contributed by atoms with Crippen LogP contribution in [-0.4, -0.2) is 29.3 Å². The lowest BCUT2D eigenvalue weighted by molar-refractivity contribution is -0.137. The number of aromatic carboxylic acids is 1. The van der Waals surface area contributed by atoms with Crippen LogP contribution in [-0.2, 0) is 28.9 Å². The molecule has 0 atom stereocenters. The van der Waals surface area contributed by atoms with Crippen molar-refractivity contribution in [1.82, 2.24) is 4.98 Å².